The summed E-state index contributed by atoms with van der Waals surface area (Å²) in [4.78, 5) is 7.01. The van der Waals surface area contributed by atoms with Crippen molar-refractivity contribution in [3.05, 3.63) is 23.4 Å². The number of hydrogen-bond donors (Lipinski definition) is 1. The standard InChI is InChI=1S/C15H22FN3/c1-3-4-13(16)14-6-5-11-7-12-9-17-8-10(2)19(12)15(11)18-14/h5-6,10,12-13,17H,3-4,7-9H2,1-2H3/t10-,12-,13?/m1/s1. The van der Waals surface area contributed by atoms with Crippen molar-refractivity contribution >= 4 is 5.82 Å². The van der Waals surface area contributed by atoms with Crippen molar-refractivity contribution in [2.45, 2.75) is 51.4 Å². The van der Waals surface area contributed by atoms with Crippen LogP contribution in [0.25, 0.3) is 0 Å². The maximum Gasteiger partial charge on any atom is 0.142 e. The SMILES string of the molecule is CCCC(F)c1ccc2c(n1)N1[C@@H](CNC[C@H]1C)C2. The number of nitrogens with zero attached hydrogens (tertiary/aromatic N) is 2. The normalized spacial score (nSPS) is 27.0. The van der Waals surface area contributed by atoms with E-state index in [0.29, 0.717) is 24.2 Å². The van der Waals surface area contributed by atoms with Crippen LogP contribution in [0.1, 0.15) is 44.1 Å². The molecule has 0 bridgehead atoms. The Morgan fingerprint density at radius 2 is 2.32 bits per heavy atom. The fourth-order valence-electron chi connectivity index (χ4n) is 3.27. The van der Waals surface area contributed by atoms with Crippen molar-refractivity contribution in [2.75, 3.05) is 18.0 Å². The molecule has 0 amide bonds. The van der Waals surface area contributed by atoms with E-state index in [1.54, 1.807) is 0 Å². The van der Waals surface area contributed by atoms with Crippen molar-refractivity contribution in [1.29, 1.82) is 0 Å². The van der Waals surface area contributed by atoms with Gasteiger partial charge in [-0.05, 0) is 31.4 Å². The number of halogens is 1. The Morgan fingerprint density at radius 3 is 3.11 bits per heavy atom. The molecule has 1 N–H and O–H groups in total. The molecule has 1 saturated heterocycles. The molecule has 1 aromatic heterocycles. The largest absolute Gasteiger partial charge is 0.348 e. The molecule has 3 heterocycles. The van der Waals surface area contributed by atoms with E-state index < -0.39 is 6.17 Å². The summed E-state index contributed by atoms with van der Waals surface area (Å²) in [6.07, 6.45) is 1.52. The van der Waals surface area contributed by atoms with E-state index in [0.717, 1.165) is 31.7 Å². The number of piperazine rings is 1. The van der Waals surface area contributed by atoms with Gasteiger partial charge >= 0.3 is 0 Å². The Hall–Kier alpha value is -1.16. The van der Waals surface area contributed by atoms with E-state index in [1.807, 2.05) is 13.0 Å². The molecule has 19 heavy (non-hydrogen) atoms. The van der Waals surface area contributed by atoms with E-state index in [4.69, 9.17) is 0 Å². The summed E-state index contributed by atoms with van der Waals surface area (Å²) in [5.74, 6) is 1.02. The molecular formula is C15H22FN3. The molecule has 104 valence electrons. The van der Waals surface area contributed by atoms with Crippen LogP contribution in [0.4, 0.5) is 10.2 Å². The van der Waals surface area contributed by atoms with Gasteiger partial charge in [0.15, 0.2) is 0 Å². The Labute approximate surface area is 114 Å². The van der Waals surface area contributed by atoms with Crippen LogP contribution in [0.3, 0.4) is 0 Å². The van der Waals surface area contributed by atoms with Crippen molar-refractivity contribution < 1.29 is 4.39 Å². The average molecular weight is 263 g/mol. The predicted molar refractivity (Wildman–Crippen MR) is 75.3 cm³/mol. The first-order valence-corrected chi connectivity index (χ1v) is 7.33. The van der Waals surface area contributed by atoms with Crippen LogP contribution >= 0.6 is 0 Å². The minimum absolute atomic E-state index is 0.437. The van der Waals surface area contributed by atoms with E-state index in [1.165, 1.54) is 5.56 Å². The van der Waals surface area contributed by atoms with Gasteiger partial charge in [0, 0.05) is 25.2 Å². The maximum absolute atomic E-state index is 14.0. The highest BCUT2D eigenvalue weighted by molar-refractivity contribution is 5.56. The van der Waals surface area contributed by atoms with Crippen LogP contribution in [-0.4, -0.2) is 30.2 Å². The van der Waals surface area contributed by atoms with Crippen LogP contribution < -0.4 is 10.2 Å². The van der Waals surface area contributed by atoms with Crippen molar-refractivity contribution in [1.82, 2.24) is 10.3 Å². The number of fused-ring (bicyclic) bond motifs is 3. The molecule has 1 fully saturated rings. The lowest BCUT2D eigenvalue weighted by molar-refractivity contribution is 0.313. The summed E-state index contributed by atoms with van der Waals surface area (Å²) in [5.41, 5.74) is 1.87. The van der Waals surface area contributed by atoms with E-state index in [2.05, 4.69) is 28.2 Å². The third-order valence-corrected chi connectivity index (χ3v) is 4.23. The summed E-state index contributed by atoms with van der Waals surface area (Å²) >= 11 is 0. The Morgan fingerprint density at radius 1 is 1.47 bits per heavy atom. The topological polar surface area (TPSA) is 28.2 Å². The van der Waals surface area contributed by atoms with Gasteiger partial charge in [0.1, 0.15) is 12.0 Å². The van der Waals surface area contributed by atoms with Gasteiger partial charge in [0.25, 0.3) is 0 Å². The minimum atomic E-state index is -0.924. The number of nitrogens with one attached hydrogen (secondary N) is 1. The van der Waals surface area contributed by atoms with Crippen LogP contribution in [0.15, 0.2) is 12.1 Å². The summed E-state index contributed by atoms with van der Waals surface area (Å²) in [5, 5.41) is 3.45. The third-order valence-electron chi connectivity index (χ3n) is 4.23. The Balaban J connectivity index is 1.91. The van der Waals surface area contributed by atoms with E-state index >= 15 is 0 Å². The van der Waals surface area contributed by atoms with Gasteiger partial charge in [-0.3, -0.25) is 0 Å². The molecule has 1 aromatic rings. The van der Waals surface area contributed by atoms with Crippen LogP contribution in [0.5, 0.6) is 0 Å². The molecule has 2 aliphatic heterocycles. The molecular weight excluding hydrogens is 241 g/mol. The van der Waals surface area contributed by atoms with Gasteiger partial charge in [-0.1, -0.05) is 19.4 Å². The first-order valence-electron chi connectivity index (χ1n) is 7.33. The molecule has 0 spiro atoms. The first kappa shape index (κ1) is 12.9. The van der Waals surface area contributed by atoms with Crippen LogP contribution in [-0.2, 0) is 6.42 Å². The molecule has 0 aromatic carbocycles. The maximum atomic E-state index is 14.0. The molecule has 0 saturated carbocycles. The highest BCUT2D eigenvalue weighted by Crippen LogP contribution is 2.35. The fourth-order valence-corrected chi connectivity index (χ4v) is 3.27. The second-order valence-corrected chi connectivity index (χ2v) is 5.75. The van der Waals surface area contributed by atoms with Gasteiger partial charge in [-0.2, -0.15) is 0 Å². The molecule has 3 nitrogen and oxygen atoms in total. The highest BCUT2D eigenvalue weighted by atomic mass is 19.1. The second-order valence-electron chi connectivity index (χ2n) is 5.75. The smallest absolute Gasteiger partial charge is 0.142 e. The first-order chi connectivity index (χ1) is 9.20. The minimum Gasteiger partial charge on any atom is -0.348 e. The number of anilines is 1. The third kappa shape index (κ3) is 2.22. The lowest BCUT2D eigenvalue weighted by Crippen LogP contribution is -2.55. The molecule has 3 rings (SSSR count). The zero-order valence-corrected chi connectivity index (χ0v) is 11.7. The van der Waals surface area contributed by atoms with Gasteiger partial charge < -0.3 is 10.2 Å². The van der Waals surface area contributed by atoms with Gasteiger partial charge in [-0.15, -0.1) is 0 Å². The lowest BCUT2D eigenvalue weighted by Gasteiger charge is -2.37. The Bertz CT molecular complexity index is 463. The van der Waals surface area contributed by atoms with Crippen molar-refractivity contribution in [2.24, 2.45) is 0 Å². The van der Waals surface area contributed by atoms with E-state index in [9.17, 15) is 4.39 Å². The quantitative estimate of drug-likeness (QED) is 0.908. The highest BCUT2D eigenvalue weighted by Gasteiger charge is 2.36. The molecule has 4 heteroatoms. The second kappa shape index (κ2) is 5.08. The van der Waals surface area contributed by atoms with Crippen LogP contribution in [0, 0.1) is 0 Å². The summed E-state index contributed by atoms with van der Waals surface area (Å²) in [7, 11) is 0. The van der Waals surface area contributed by atoms with Crippen LogP contribution in [0.2, 0.25) is 0 Å². The van der Waals surface area contributed by atoms with Crippen molar-refractivity contribution in [3.63, 3.8) is 0 Å². The monoisotopic (exact) mass is 263 g/mol. The number of rotatable bonds is 3. The van der Waals surface area contributed by atoms with Crippen molar-refractivity contribution in [3.8, 4) is 0 Å². The number of alkyl halides is 1. The fraction of sp³-hybridized carbons (Fsp3) is 0.667. The molecule has 2 aliphatic rings. The predicted octanol–water partition coefficient (Wildman–Crippen LogP) is 2.62. The molecule has 0 radical (unpaired) electrons. The van der Waals surface area contributed by atoms with Gasteiger partial charge in [-0.25, -0.2) is 9.37 Å². The summed E-state index contributed by atoms with van der Waals surface area (Å²) in [6.45, 7) is 6.20. The molecule has 1 unspecified atom stereocenters. The van der Waals surface area contributed by atoms with Gasteiger partial charge in [0.2, 0.25) is 0 Å². The zero-order valence-electron chi connectivity index (χ0n) is 11.7. The molecule has 3 atom stereocenters. The summed E-state index contributed by atoms with van der Waals surface area (Å²) < 4.78 is 14.0. The number of pyridine rings is 1. The number of aromatic nitrogens is 1. The van der Waals surface area contributed by atoms with E-state index in [-0.39, 0.29) is 0 Å². The summed E-state index contributed by atoms with van der Waals surface area (Å²) in [6, 6.07) is 4.87. The van der Waals surface area contributed by atoms with Gasteiger partial charge in [0.05, 0.1) is 5.69 Å². The lowest BCUT2D eigenvalue weighted by atomic mass is 10.1. The zero-order chi connectivity index (χ0) is 13.4. The number of hydrogen-bond acceptors (Lipinski definition) is 3. The average Bonchev–Trinajstić information content (AvgIpc) is 2.77. The molecule has 0 aliphatic carbocycles. The Kier molecular flexibility index (Phi) is 3.44.